The summed E-state index contributed by atoms with van der Waals surface area (Å²) >= 11 is 4.74. The number of carbonyl (C=O) groups excluding carboxylic acids is 3. The fourth-order valence-corrected chi connectivity index (χ4v) is 2.61. The zero-order valence-corrected chi connectivity index (χ0v) is 12.5. The normalized spacial score (nSPS) is 14.6. The van der Waals surface area contributed by atoms with Gasteiger partial charge in [0.05, 0.1) is 12.5 Å². The minimum absolute atomic E-state index is 0.0449. The molecule has 23 heavy (non-hydrogen) atoms. The van der Waals surface area contributed by atoms with E-state index in [4.69, 9.17) is 12.2 Å². The van der Waals surface area contributed by atoms with Gasteiger partial charge in [-0.1, -0.05) is 18.2 Å². The predicted molar refractivity (Wildman–Crippen MR) is 83.8 cm³/mol. The molecule has 3 rings (SSSR count). The lowest BCUT2D eigenvalue weighted by molar-refractivity contribution is -0.306. The van der Waals surface area contributed by atoms with E-state index in [9.17, 15) is 19.5 Å². The first kappa shape index (κ1) is 14.9. The summed E-state index contributed by atoms with van der Waals surface area (Å²) in [6.45, 7) is -0.327. The Morgan fingerprint density at radius 3 is 2.52 bits per heavy atom. The van der Waals surface area contributed by atoms with Crippen LogP contribution in [0, 0.1) is 0 Å². The lowest BCUT2D eigenvalue weighted by Crippen LogP contribution is -2.51. The van der Waals surface area contributed by atoms with Gasteiger partial charge < -0.3 is 14.5 Å². The van der Waals surface area contributed by atoms with Crippen LogP contribution in [0.3, 0.4) is 0 Å². The molecule has 1 aromatic carbocycles. The summed E-state index contributed by atoms with van der Waals surface area (Å²) in [5.41, 5.74) is 1.11. The van der Waals surface area contributed by atoms with Gasteiger partial charge in [0.2, 0.25) is 0 Å². The Kier molecular flexibility index (Phi) is 3.67. The van der Waals surface area contributed by atoms with E-state index in [-0.39, 0.29) is 17.2 Å². The number of aromatic nitrogens is 1. The van der Waals surface area contributed by atoms with Crippen LogP contribution in [0.1, 0.15) is 5.56 Å². The number of carboxylic acids is 1. The Bertz CT molecular complexity index is 875. The van der Waals surface area contributed by atoms with E-state index in [1.807, 2.05) is 0 Å². The summed E-state index contributed by atoms with van der Waals surface area (Å²) in [5.74, 6) is -2.44. The standard InChI is InChI=1S/C15H11N3O4S/c19-12(20)7-18-6-8(9-3-1-2-4-11(9)18)5-10-13(21)16-15(23)17-14(10)22/h1-6H,7H2,(H,19,20)(H2,16,17,21,22,23)/p-1. The molecule has 1 saturated heterocycles. The minimum atomic E-state index is -1.23. The number of amides is 2. The average molecular weight is 328 g/mol. The number of rotatable bonds is 3. The third-order valence-electron chi connectivity index (χ3n) is 3.36. The Hall–Kier alpha value is -3.00. The van der Waals surface area contributed by atoms with Gasteiger partial charge >= 0.3 is 0 Å². The first-order chi connectivity index (χ1) is 11.0. The van der Waals surface area contributed by atoms with Crippen LogP contribution in [-0.2, 0) is 20.9 Å². The number of thiocarbonyl (C=S) groups is 1. The van der Waals surface area contributed by atoms with Crippen molar-refractivity contribution in [2.24, 2.45) is 0 Å². The molecule has 8 heteroatoms. The number of benzene rings is 1. The molecule has 2 heterocycles. The molecule has 0 spiro atoms. The van der Waals surface area contributed by atoms with E-state index in [1.54, 1.807) is 30.5 Å². The third-order valence-corrected chi connectivity index (χ3v) is 3.57. The van der Waals surface area contributed by atoms with Crippen LogP contribution in [0.25, 0.3) is 17.0 Å². The minimum Gasteiger partial charge on any atom is -0.548 e. The van der Waals surface area contributed by atoms with Crippen molar-refractivity contribution in [2.45, 2.75) is 6.54 Å². The van der Waals surface area contributed by atoms with Crippen LogP contribution in [0.5, 0.6) is 0 Å². The molecule has 1 aliphatic rings. The van der Waals surface area contributed by atoms with Gasteiger partial charge in [-0.25, -0.2) is 0 Å². The zero-order chi connectivity index (χ0) is 16.6. The number of aliphatic carboxylic acids is 1. The third kappa shape index (κ3) is 2.84. The molecule has 0 saturated carbocycles. The highest BCUT2D eigenvalue weighted by atomic mass is 32.1. The molecule has 2 amide bonds. The van der Waals surface area contributed by atoms with Crippen LogP contribution >= 0.6 is 12.2 Å². The van der Waals surface area contributed by atoms with E-state index in [0.717, 1.165) is 5.39 Å². The number of nitrogens with zero attached hydrogens (tertiary/aromatic N) is 1. The van der Waals surface area contributed by atoms with Gasteiger partial charge in [-0.3, -0.25) is 20.2 Å². The number of hydrogen-bond donors (Lipinski definition) is 2. The van der Waals surface area contributed by atoms with E-state index in [2.05, 4.69) is 10.6 Å². The van der Waals surface area contributed by atoms with Gasteiger partial charge in [0, 0.05) is 22.7 Å². The Labute approximate surface area is 135 Å². The van der Waals surface area contributed by atoms with Gasteiger partial charge in [0.1, 0.15) is 5.57 Å². The quantitative estimate of drug-likeness (QED) is 0.441. The molecule has 0 atom stereocenters. The van der Waals surface area contributed by atoms with Crippen LogP contribution < -0.4 is 15.7 Å². The van der Waals surface area contributed by atoms with E-state index in [0.29, 0.717) is 11.1 Å². The first-order valence-electron chi connectivity index (χ1n) is 6.62. The van der Waals surface area contributed by atoms with Crippen LogP contribution in [0.2, 0.25) is 0 Å². The number of carboxylic acid groups (broad SMARTS) is 1. The van der Waals surface area contributed by atoms with E-state index >= 15 is 0 Å². The molecule has 116 valence electrons. The predicted octanol–water partition coefficient (Wildman–Crippen LogP) is -0.694. The topological polar surface area (TPSA) is 103 Å². The molecule has 0 bridgehead atoms. The summed E-state index contributed by atoms with van der Waals surface area (Å²) in [6, 6.07) is 7.07. The lowest BCUT2D eigenvalue weighted by Gasteiger charge is -2.16. The molecule has 0 aliphatic carbocycles. The van der Waals surface area contributed by atoms with Gasteiger partial charge in [-0.15, -0.1) is 0 Å². The monoisotopic (exact) mass is 328 g/mol. The second-order valence-electron chi connectivity index (χ2n) is 4.90. The van der Waals surface area contributed by atoms with Crippen molar-refractivity contribution in [3.05, 3.63) is 41.6 Å². The molecular weight excluding hydrogens is 318 g/mol. The summed E-state index contributed by atoms with van der Waals surface area (Å²) in [6.07, 6.45) is 2.96. The highest BCUT2D eigenvalue weighted by Gasteiger charge is 2.26. The second-order valence-corrected chi connectivity index (χ2v) is 5.31. The number of nitrogens with one attached hydrogen (secondary N) is 2. The molecule has 1 aromatic heterocycles. The van der Waals surface area contributed by atoms with Crippen molar-refractivity contribution in [3.63, 3.8) is 0 Å². The Morgan fingerprint density at radius 2 is 1.87 bits per heavy atom. The van der Waals surface area contributed by atoms with Crippen molar-refractivity contribution in [1.82, 2.24) is 15.2 Å². The van der Waals surface area contributed by atoms with Gasteiger partial charge in [-0.05, 0) is 24.4 Å². The SMILES string of the molecule is O=C([O-])Cn1cc(C=C2C(=O)NC(=S)NC2=O)c2ccccc21. The first-order valence-corrected chi connectivity index (χ1v) is 7.02. The maximum Gasteiger partial charge on any atom is 0.263 e. The van der Waals surface area contributed by atoms with Gasteiger partial charge in [0.25, 0.3) is 11.8 Å². The van der Waals surface area contributed by atoms with Crippen molar-refractivity contribution < 1.29 is 19.5 Å². The van der Waals surface area contributed by atoms with Gasteiger partial charge in [0.15, 0.2) is 5.11 Å². The number of hydrogen-bond acceptors (Lipinski definition) is 5. The summed E-state index contributed by atoms with van der Waals surface area (Å²) in [5, 5.41) is 16.2. The maximum absolute atomic E-state index is 11.9. The summed E-state index contributed by atoms with van der Waals surface area (Å²) in [7, 11) is 0. The molecular formula is C15H10N3O4S-. The number of para-hydroxylation sites is 1. The van der Waals surface area contributed by atoms with Crippen molar-refractivity contribution >= 4 is 52.1 Å². The Morgan fingerprint density at radius 1 is 1.22 bits per heavy atom. The second kappa shape index (κ2) is 5.65. The van der Waals surface area contributed by atoms with Crippen molar-refractivity contribution in [3.8, 4) is 0 Å². The maximum atomic E-state index is 11.9. The molecule has 7 nitrogen and oxygen atoms in total. The molecule has 1 fully saturated rings. The van der Waals surface area contributed by atoms with Crippen molar-refractivity contribution in [1.29, 1.82) is 0 Å². The number of fused-ring (bicyclic) bond motifs is 1. The van der Waals surface area contributed by atoms with Crippen LogP contribution in [0.4, 0.5) is 0 Å². The molecule has 1 aliphatic heterocycles. The fraction of sp³-hybridized carbons (Fsp3) is 0.0667. The largest absolute Gasteiger partial charge is 0.548 e. The molecule has 0 radical (unpaired) electrons. The molecule has 0 unspecified atom stereocenters. The highest BCUT2D eigenvalue weighted by molar-refractivity contribution is 7.80. The molecule has 2 aromatic rings. The number of carbonyl (C=O) groups is 3. The Balaban J connectivity index is 2.11. The van der Waals surface area contributed by atoms with Gasteiger partial charge in [-0.2, -0.15) is 0 Å². The fourth-order valence-electron chi connectivity index (χ4n) is 2.42. The summed E-state index contributed by atoms with van der Waals surface area (Å²) < 4.78 is 1.49. The summed E-state index contributed by atoms with van der Waals surface area (Å²) in [4.78, 5) is 34.7. The smallest absolute Gasteiger partial charge is 0.263 e. The van der Waals surface area contributed by atoms with Crippen LogP contribution in [0.15, 0.2) is 36.0 Å². The van der Waals surface area contributed by atoms with E-state index in [1.165, 1.54) is 10.6 Å². The highest BCUT2D eigenvalue weighted by Crippen LogP contribution is 2.24. The average Bonchev–Trinajstić information content (AvgIpc) is 2.80. The van der Waals surface area contributed by atoms with E-state index < -0.39 is 17.8 Å². The zero-order valence-electron chi connectivity index (χ0n) is 11.7. The lowest BCUT2D eigenvalue weighted by atomic mass is 10.1. The van der Waals surface area contributed by atoms with Crippen LogP contribution in [-0.4, -0.2) is 27.5 Å². The molecule has 2 N–H and O–H groups in total. The van der Waals surface area contributed by atoms with Crippen molar-refractivity contribution in [2.75, 3.05) is 0 Å².